The van der Waals surface area contributed by atoms with Crippen LogP contribution in [0.5, 0.6) is 5.75 Å². The fraction of sp³-hybridized carbons (Fsp3) is 0.192. The Kier molecular flexibility index (Phi) is 6.15. The summed E-state index contributed by atoms with van der Waals surface area (Å²) in [6.07, 6.45) is 4.91. The van der Waals surface area contributed by atoms with Gasteiger partial charge in [0.1, 0.15) is 5.75 Å². The van der Waals surface area contributed by atoms with Gasteiger partial charge in [0.15, 0.2) is 0 Å². The highest BCUT2D eigenvalue weighted by Gasteiger charge is 2.20. The first-order valence-electron chi connectivity index (χ1n) is 10.5. The van der Waals surface area contributed by atoms with Crippen LogP contribution in [0.1, 0.15) is 39.5 Å². The van der Waals surface area contributed by atoms with E-state index in [4.69, 9.17) is 11.3 Å². The Balaban J connectivity index is 1.61. The molecule has 33 heavy (non-hydrogen) atoms. The summed E-state index contributed by atoms with van der Waals surface area (Å²) in [5.41, 5.74) is 5.87. The number of nitriles is 1. The van der Waals surface area contributed by atoms with Crippen molar-refractivity contribution >= 4 is 17.8 Å². The first-order chi connectivity index (χ1) is 16.0. The largest absolute Gasteiger partial charge is 0.493 e. The van der Waals surface area contributed by atoms with Gasteiger partial charge in [-0.2, -0.15) is 5.26 Å². The Morgan fingerprint density at radius 3 is 2.88 bits per heavy atom. The summed E-state index contributed by atoms with van der Waals surface area (Å²) >= 11 is 0. The summed E-state index contributed by atoms with van der Waals surface area (Å²) < 4.78 is 5.82. The zero-order valence-corrected chi connectivity index (χ0v) is 18.4. The van der Waals surface area contributed by atoms with Crippen molar-refractivity contribution in [3.05, 3.63) is 88.0 Å². The highest BCUT2D eigenvalue weighted by molar-refractivity contribution is 5.95. The van der Waals surface area contributed by atoms with E-state index in [9.17, 15) is 10.1 Å². The number of fused-ring (bicyclic) bond motifs is 1. The molecule has 0 spiro atoms. The number of ether oxygens (including phenoxy) is 1. The van der Waals surface area contributed by atoms with Gasteiger partial charge in [0.2, 0.25) is 5.69 Å². The predicted molar refractivity (Wildman–Crippen MR) is 125 cm³/mol. The fourth-order valence-corrected chi connectivity index (χ4v) is 3.87. The molecule has 2 heterocycles. The molecule has 4 rings (SSSR count). The molecule has 0 saturated heterocycles. The summed E-state index contributed by atoms with van der Waals surface area (Å²) in [6, 6.07) is 12.9. The molecule has 0 saturated carbocycles. The normalized spacial score (nSPS) is 11.4. The van der Waals surface area contributed by atoms with Crippen molar-refractivity contribution in [3.63, 3.8) is 0 Å². The van der Waals surface area contributed by atoms with E-state index in [2.05, 4.69) is 20.9 Å². The molecule has 1 aliphatic heterocycles. The molecule has 7 heteroatoms. The third kappa shape index (κ3) is 4.30. The maximum atomic E-state index is 13.2. The summed E-state index contributed by atoms with van der Waals surface area (Å²) in [5.74, 6) is 0.418. The van der Waals surface area contributed by atoms with Crippen LogP contribution in [-0.2, 0) is 13.1 Å². The maximum absolute atomic E-state index is 13.2. The van der Waals surface area contributed by atoms with Gasteiger partial charge in [-0.1, -0.05) is 6.07 Å². The Morgan fingerprint density at radius 1 is 1.27 bits per heavy atom. The number of aromatic nitrogens is 1. The van der Waals surface area contributed by atoms with Gasteiger partial charge in [0.25, 0.3) is 5.91 Å². The molecular formula is C26H21N5O2. The van der Waals surface area contributed by atoms with Crippen LogP contribution in [0.25, 0.3) is 16.0 Å². The molecule has 1 amide bonds. The van der Waals surface area contributed by atoms with Crippen LogP contribution in [0.4, 0.5) is 5.69 Å². The Labute approximate surface area is 192 Å². The highest BCUT2D eigenvalue weighted by atomic mass is 16.5. The minimum absolute atomic E-state index is 0.146. The molecule has 0 aliphatic carbocycles. The van der Waals surface area contributed by atoms with E-state index in [0.717, 1.165) is 27.8 Å². The number of benzene rings is 2. The first-order valence-corrected chi connectivity index (χ1v) is 10.5. The SMILES string of the molecule is [C-]#[N+]c1cncc(-c2ccc(C(=O)N(C)Cc3ccc(C#N)c4c3CN=C4)cc2OCC)c1. The monoisotopic (exact) mass is 435 g/mol. The van der Waals surface area contributed by atoms with Crippen LogP contribution >= 0.6 is 0 Å². The van der Waals surface area contributed by atoms with Gasteiger partial charge in [0, 0.05) is 48.9 Å². The number of amides is 1. The van der Waals surface area contributed by atoms with Crippen LogP contribution in [0.2, 0.25) is 0 Å². The number of hydrogen-bond acceptors (Lipinski definition) is 5. The fourth-order valence-electron chi connectivity index (χ4n) is 3.87. The smallest absolute Gasteiger partial charge is 0.254 e. The van der Waals surface area contributed by atoms with Gasteiger partial charge in [-0.25, -0.2) is 4.85 Å². The molecule has 3 aromatic rings. The summed E-state index contributed by atoms with van der Waals surface area (Å²) in [5, 5.41) is 9.31. The molecule has 0 bridgehead atoms. The maximum Gasteiger partial charge on any atom is 0.254 e. The number of pyridine rings is 1. The topological polar surface area (TPSA) is 82.9 Å². The highest BCUT2D eigenvalue weighted by Crippen LogP contribution is 2.33. The van der Waals surface area contributed by atoms with Crippen LogP contribution in [0, 0.1) is 17.9 Å². The predicted octanol–water partition coefficient (Wildman–Crippen LogP) is 4.77. The standard InChI is InChI=1S/C26H21N5O2/c1-4-33-25-10-17(7-8-22(25)20-9-21(28-2)13-29-12-20)26(32)31(3)16-19-6-5-18(11-27)23-14-30-15-24(19)23/h5-10,12-14H,4,15-16H2,1,3H3. The molecule has 162 valence electrons. The molecular weight excluding hydrogens is 414 g/mol. The van der Waals surface area contributed by atoms with Crippen molar-refractivity contribution in [2.75, 3.05) is 13.7 Å². The van der Waals surface area contributed by atoms with Crippen molar-refractivity contribution in [3.8, 4) is 22.9 Å². The summed E-state index contributed by atoms with van der Waals surface area (Å²) in [4.78, 5) is 26.7. The molecule has 0 fully saturated rings. The molecule has 1 aromatic heterocycles. The van der Waals surface area contributed by atoms with E-state index in [1.54, 1.807) is 48.6 Å². The molecule has 1 aliphatic rings. The zero-order chi connectivity index (χ0) is 23.4. The van der Waals surface area contributed by atoms with Gasteiger partial charge in [-0.05, 0) is 53.9 Å². The molecule has 2 aromatic carbocycles. The van der Waals surface area contributed by atoms with E-state index < -0.39 is 0 Å². The number of nitrogens with zero attached hydrogens (tertiary/aromatic N) is 5. The Morgan fingerprint density at radius 2 is 2.12 bits per heavy atom. The number of rotatable bonds is 6. The third-order valence-electron chi connectivity index (χ3n) is 5.49. The zero-order valence-electron chi connectivity index (χ0n) is 18.4. The van der Waals surface area contributed by atoms with E-state index >= 15 is 0 Å². The minimum atomic E-state index is -0.146. The molecule has 0 radical (unpaired) electrons. The first kappa shape index (κ1) is 21.7. The van der Waals surface area contributed by atoms with Crippen LogP contribution in [-0.4, -0.2) is 35.7 Å². The van der Waals surface area contributed by atoms with Crippen molar-refractivity contribution < 1.29 is 9.53 Å². The number of carbonyl (C=O) groups excluding carboxylic acids is 1. The lowest BCUT2D eigenvalue weighted by Crippen LogP contribution is -2.26. The van der Waals surface area contributed by atoms with Crippen molar-refractivity contribution in [2.24, 2.45) is 4.99 Å². The second-order valence-corrected chi connectivity index (χ2v) is 7.59. The van der Waals surface area contributed by atoms with E-state index in [-0.39, 0.29) is 5.91 Å². The van der Waals surface area contributed by atoms with Crippen molar-refractivity contribution in [2.45, 2.75) is 20.0 Å². The average Bonchev–Trinajstić information content (AvgIpc) is 3.34. The second-order valence-electron chi connectivity index (χ2n) is 7.59. The Hall–Kier alpha value is -4.49. The van der Waals surface area contributed by atoms with E-state index in [1.807, 2.05) is 19.1 Å². The van der Waals surface area contributed by atoms with Crippen LogP contribution in [0.3, 0.4) is 0 Å². The lowest BCUT2D eigenvalue weighted by molar-refractivity contribution is 0.0784. The lowest BCUT2D eigenvalue weighted by atomic mass is 9.98. The number of hydrogen-bond donors (Lipinski definition) is 0. The van der Waals surface area contributed by atoms with E-state index in [1.165, 1.54) is 6.20 Å². The second kappa shape index (κ2) is 9.33. The van der Waals surface area contributed by atoms with Crippen LogP contribution in [0.15, 0.2) is 53.8 Å². The number of carbonyl (C=O) groups is 1. The van der Waals surface area contributed by atoms with Gasteiger partial charge >= 0.3 is 0 Å². The molecule has 0 N–H and O–H groups in total. The number of aliphatic imine (C=N–C) groups is 1. The van der Waals surface area contributed by atoms with Crippen molar-refractivity contribution in [1.29, 1.82) is 5.26 Å². The van der Waals surface area contributed by atoms with Crippen molar-refractivity contribution in [1.82, 2.24) is 9.88 Å². The quantitative estimate of drug-likeness (QED) is 0.522. The molecule has 0 unspecified atom stereocenters. The van der Waals surface area contributed by atoms with Gasteiger partial charge < -0.3 is 9.64 Å². The molecule has 7 nitrogen and oxygen atoms in total. The summed E-state index contributed by atoms with van der Waals surface area (Å²) in [7, 11) is 1.75. The molecule has 0 atom stereocenters. The van der Waals surface area contributed by atoms with Crippen LogP contribution < -0.4 is 4.74 Å². The Bertz CT molecular complexity index is 1350. The third-order valence-corrected chi connectivity index (χ3v) is 5.49. The minimum Gasteiger partial charge on any atom is -0.493 e. The van der Waals surface area contributed by atoms with Gasteiger partial charge in [-0.15, -0.1) is 0 Å². The van der Waals surface area contributed by atoms with Gasteiger partial charge in [0.05, 0.1) is 31.4 Å². The van der Waals surface area contributed by atoms with Gasteiger partial charge in [-0.3, -0.25) is 14.8 Å². The summed E-state index contributed by atoms with van der Waals surface area (Å²) in [6.45, 7) is 10.5. The lowest BCUT2D eigenvalue weighted by Gasteiger charge is -2.20. The van der Waals surface area contributed by atoms with E-state index in [0.29, 0.717) is 42.3 Å². The average molecular weight is 435 g/mol.